The quantitative estimate of drug-likeness (QED) is 0.640. The summed E-state index contributed by atoms with van der Waals surface area (Å²) >= 11 is 5.85. The van der Waals surface area contributed by atoms with Gasteiger partial charge in [-0.2, -0.15) is 0 Å². The van der Waals surface area contributed by atoms with Gasteiger partial charge in [0.1, 0.15) is 11.8 Å². The van der Waals surface area contributed by atoms with Gasteiger partial charge in [0.25, 0.3) is 5.91 Å². The molecule has 1 fully saturated rings. The van der Waals surface area contributed by atoms with Crippen molar-refractivity contribution in [1.29, 1.82) is 0 Å². The third-order valence-corrected chi connectivity index (χ3v) is 4.61. The van der Waals surface area contributed by atoms with Gasteiger partial charge in [0.05, 0.1) is 24.9 Å². The molecule has 0 radical (unpaired) electrons. The Bertz CT molecular complexity index is 894. The molecule has 1 aliphatic heterocycles. The largest absolute Gasteiger partial charge is 0.550 e. The third kappa shape index (κ3) is 4.23. The first-order valence-corrected chi connectivity index (χ1v) is 8.88. The van der Waals surface area contributed by atoms with Gasteiger partial charge in [-0.15, -0.1) is 0 Å². The second kappa shape index (κ2) is 8.26. The normalized spacial score (nSPS) is 16.5. The molecule has 2 heterocycles. The van der Waals surface area contributed by atoms with Crippen LogP contribution in [-0.4, -0.2) is 34.6 Å². The summed E-state index contributed by atoms with van der Waals surface area (Å²) in [5.41, 5.74) is 0.349. The van der Waals surface area contributed by atoms with Crippen LogP contribution in [0.3, 0.4) is 0 Å². The van der Waals surface area contributed by atoms with Crippen LogP contribution < -0.4 is 10.0 Å². The maximum atomic E-state index is 12.9. The van der Waals surface area contributed by atoms with Gasteiger partial charge in [-0.25, -0.2) is 4.90 Å². The molecule has 1 aromatic carbocycles. The summed E-state index contributed by atoms with van der Waals surface area (Å²) in [6.07, 6.45) is 0.380. The van der Waals surface area contributed by atoms with Crippen LogP contribution in [0.5, 0.6) is 0 Å². The second-order valence-electron chi connectivity index (χ2n) is 6.24. The number of carboxylic acid groups (broad SMARTS) is 1. The molecule has 0 aliphatic carbocycles. The summed E-state index contributed by atoms with van der Waals surface area (Å²) in [4.78, 5) is 50.9. The number of amides is 3. The van der Waals surface area contributed by atoms with Gasteiger partial charge in [0.15, 0.2) is 0 Å². The molecule has 0 bridgehead atoms. The van der Waals surface area contributed by atoms with Gasteiger partial charge in [-0.1, -0.05) is 11.6 Å². The van der Waals surface area contributed by atoms with Crippen molar-refractivity contribution in [3.05, 3.63) is 53.4 Å². The van der Waals surface area contributed by atoms with E-state index in [1.165, 1.54) is 23.3 Å². The van der Waals surface area contributed by atoms with Crippen molar-refractivity contribution in [3.8, 4) is 0 Å². The molecule has 2 aromatic rings. The van der Waals surface area contributed by atoms with Gasteiger partial charge in [-0.3, -0.25) is 14.4 Å². The van der Waals surface area contributed by atoms with Crippen molar-refractivity contribution in [1.82, 2.24) is 4.90 Å². The van der Waals surface area contributed by atoms with E-state index in [9.17, 15) is 24.3 Å². The highest BCUT2D eigenvalue weighted by molar-refractivity contribution is 6.30. The van der Waals surface area contributed by atoms with Crippen LogP contribution in [0.25, 0.3) is 0 Å². The Hall–Kier alpha value is -3.13. The maximum absolute atomic E-state index is 12.9. The van der Waals surface area contributed by atoms with Crippen molar-refractivity contribution in [3.63, 3.8) is 0 Å². The molecule has 1 atom stereocenters. The predicted octanol–water partition coefficient (Wildman–Crippen LogP) is 1.12. The van der Waals surface area contributed by atoms with E-state index in [0.29, 0.717) is 16.5 Å². The number of hydrogen-bond donors (Lipinski definition) is 0. The monoisotopic (exact) mass is 403 g/mol. The fourth-order valence-corrected chi connectivity index (χ4v) is 3.14. The maximum Gasteiger partial charge on any atom is 0.257 e. The molecule has 0 saturated carbocycles. The van der Waals surface area contributed by atoms with Crippen molar-refractivity contribution >= 4 is 41.0 Å². The minimum Gasteiger partial charge on any atom is -0.550 e. The van der Waals surface area contributed by atoms with Crippen LogP contribution >= 0.6 is 11.6 Å². The molecule has 28 heavy (non-hydrogen) atoms. The number of carbonyl (C=O) groups excluding carboxylic acids is 4. The summed E-state index contributed by atoms with van der Waals surface area (Å²) < 4.78 is 5.24. The lowest BCUT2D eigenvalue weighted by molar-refractivity contribution is -0.305. The molecule has 3 amide bonds. The zero-order valence-corrected chi connectivity index (χ0v) is 15.4. The molecule has 0 N–H and O–H groups in total. The van der Waals surface area contributed by atoms with E-state index in [0.717, 1.165) is 4.90 Å². The molecule has 1 aliphatic rings. The molecule has 3 rings (SSSR count). The Morgan fingerprint density at radius 1 is 1.18 bits per heavy atom. The minimum absolute atomic E-state index is 0.0585. The van der Waals surface area contributed by atoms with E-state index in [4.69, 9.17) is 16.0 Å². The zero-order chi connectivity index (χ0) is 20.3. The Morgan fingerprint density at radius 3 is 2.50 bits per heavy atom. The van der Waals surface area contributed by atoms with E-state index in [2.05, 4.69) is 0 Å². The van der Waals surface area contributed by atoms with Crippen molar-refractivity contribution < 1.29 is 28.7 Å². The SMILES string of the molecule is O=C([O-])CCC(=O)N(Cc1ccco1)[C@@H]1CC(=O)N(c2ccc(Cl)cc2)C1=O. The Balaban J connectivity index is 1.85. The van der Waals surface area contributed by atoms with Crippen LogP contribution in [-0.2, 0) is 25.7 Å². The number of nitrogens with zero attached hydrogens (tertiary/aromatic N) is 2. The second-order valence-corrected chi connectivity index (χ2v) is 6.67. The van der Waals surface area contributed by atoms with Gasteiger partial charge in [0.2, 0.25) is 11.8 Å². The number of carboxylic acids is 1. The smallest absolute Gasteiger partial charge is 0.257 e. The number of hydrogen-bond acceptors (Lipinski definition) is 6. The highest BCUT2D eigenvalue weighted by Crippen LogP contribution is 2.28. The number of carbonyl (C=O) groups is 4. The van der Waals surface area contributed by atoms with Crippen molar-refractivity contribution in [2.75, 3.05) is 4.90 Å². The molecule has 1 saturated heterocycles. The van der Waals surface area contributed by atoms with Crippen molar-refractivity contribution in [2.24, 2.45) is 0 Å². The summed E-state index contributed by atoms with van der Waals surface area (Å²) in [6, 6.07) is 8.37. The van der Waals surface area contributed by atoms with E-state index in [-0.39, 0.29) is 19.4 Å². The highest BCUT2D eigenvalue weighted by atomic mass is 35.5. The Kier molecular flexibility index (Phi) is 5.79. The lowest BCUT2D eigenvalue weighted by atomic mass is 10.1. The van der Waals surface area contributed by atoms with E-state index in [1.807, 2.05) is 0 Å². The number of rotatable bonds is 7. The number of anilines is 1. The van der Waals surface area contributed by atoms with Gasteiger partial charge in [0, 0.05) is 17.4 Å². The summed E-state index contributed by atoms with van der Waals surface area (Å²) in [5, 5.41) is 11.2. The van der Waals surface area contributed by atoms with Crippen molar-refractivity contribution in [2.45, 2.75) is 31.8 Å². The number of imide groups is 1. The molecule has 9 heteroatoms. The van der Waals surface area contributed by atoms with Crippen LogP contribution in [0.2, 0.25) is 5.02 Å². The van der Waals surface area contributed by atoms with Gasteiger partial charge in [-0.05, 0) is 42.8 Å². The standard InChI is InChI=1S/C19H17ClN2O6/c20-12-3-5-13(6-4-12)22-17(24)10-15(19(22)27)21(11-14-2-1-9-28-14)16(23)7-8-18(25)26/h1-6,9,15H,7-8,10-11H2,(H,25,26)/p-1/t15-/m1/s1. The number of furan rings is 1. The Labute approximate surface area is 165 Å². The molecular formula is C19H16ClN2O6-. The zero-order valence-electron chi connectivity index (χ0n) is 14.7. The molecule has 0 unspecified atom stereocenters. The Morgan fingerprint density at radius 2 is 1.89 bits per heavy atom. The number of benzene rings is 1. The number of halogens is 1. The van der Waals surface area contributed by atoms with Crippen LogP contribution in [0, 0.1) is 0 Å². The first-order chi connectivity index (χ1) is 13.4. The predicted molar refractivity (Wildman–Crippen MR) is 95.8 cm³/mol. The average molecular weight is 404 g/mol. The minimum atomic E-state index is -1.37. The summed E-state index contributed by atoms with van der Waals surface area (Å²) in [6.45, 7) is -0.0585. The lowest BCUT2D eigenvalue weighted by Gasteiger charge is -2.27. The summed E-state index contributed by atoms with van der Waals surface area (Å²) in [5.74, 6) is -2.57. The van der Waals surface area contributed by atoms with Crippen LogP contribution in [0.4, 0.5) is 5.69 Å². The molecule has 0 spiro atoms. The first kappa shape index (κ1) is 19.6. The fourth-order valence-electron chi connectivity index (χ4n) is 3.02. The topological polar surface area (TPSA) is 111 Å². The summed E-state index contributed by atoms with van der Waals surface area (Å²) in [7, 11) is 0. The molecule has 146 valence electrons. The third-order valence-electron chi connectivity index (χ3n) is 4.35. The van der Waals surface area contributed by atoms with Gasteiger partial charge >= 0.3 is 0 Å². The van der Waals surface area contributed by atoms with Crippen LogP contribution in [0.15, 0.2) is 47.1 Å². The van der Waals surface area contributed by atoms with Gasteiger partial charge < -0.3 is 19.2 Å². The highest BCUT2D eigenvalue weighted by Gasteiger charge is 2.44. The first-order valence-electron chi connectivity index (χ1n) is 8.51. The molecular weight excluding hydrogens is 388 g/mol. The van der Waals surface area contributed by atoms with E-state index in [1.54, 1.807) is 24.3 Å². The fraction of sp³-hybridized carbons (Fsp3) is 0.263. The molecule has 8 nitrogen and oxygen atoms in total. The average Bonchev–Trinajstić information content (AvgIpc) is 3.26. The van der Waals surface area contributed by atoms with E-state index >= 15 is 0 Å². The van der Waals surface area contributed by atoms with E-state index < -0.39 is 36.2 Å². The van der Waals surface area contributed by atoms with Crippen LogP contribution in [0.1, 0.15) is 25.0 Å². The number of aliphatic carboxylic acids is 1. The molecule has 1 aromatic heterocycles. The lowest BCUT2D eigenvalue weighted by Crippen LogP contribution is -2.45.